The first kappa shape index (κ1) is 15.2. The average molecular weight is 324 g/mol. The zero-order valence-electron chi connectivity index (χ0n) is 13.5. The lowest BCUT2D eigenvalue weighted by molar-refractivity contribution is 0.103. The number of carbonyl (C=O) groups excluding carboxylic acids is 1. The van der Waals surface area contributed by atoms with Gasteiger partial charge in [0.2, 0.25) is 0 Å². The Hall–Kier alpha value is -3.39. The molecule has 0 aliphatic carbocycles. The SMILES string of the molecule is O=C(c1cccc(O)c1)c1ccc2ccccc2c1-c1ccccc1. The molecule has 2 heteroatoms. The van der Waals surface area contributed by atoms with Crippen molar-refractivity contribution in [2.75, 3.05) is 0 Å². The molecule has 0 saturated heterocycles. The van der Waals surface area contributed by atoms with E-state index in [1.165, 1.54) is 6.07 Å². The number of rotatable bonds is 3. The van der Waals surface area contributed by atoms with Crippen molar-refractivity contribution < 1.29 is 9.90 Å². The van der Waals surface area contributed by atoms with Crippen LogP contribution in [0.2, 0.25) is 0 Å². The smallest absolute Gasteiger partial charge is 0.193 e. The predicted octanol–water partition coefficient (Wildman–Crippen LogP) is 5.44. The van der Waals surface area contributed by atoms with E-state index in [1.807, 2.05) is 66.7 Å². The second-order valence-electron chi connectivity index (χ2n) is 5.95. The molecule has 0 amide bonds. The summed E-state index contributed by atoms with van der Waals surface area (Å²) in [6.07, 6.45) is 0. The highest BCUT2D eigenvalue weighted by molar-refractivity contribution is 6.17. The summed E-state index contributed by atoms with van der Waals surface area (Å²) in [5.74, 6) is -0.00611. The van der Waals surface area contributed by atoms with Crippen molar-refractivity contribution in [1.29, 1.82) is 0 Å². The minimum Gasteiger partial charge on any atom is -0.508 e. The Morgan fingerprint density at radius 2 is 1.48 bits per heavy atom. The zero-order chi connectivity index (χ0) is 17.2. The van der Waals surface area contributed by atoms with Gasteiger partial charge in [-0.05, 0) is 34.5 Å². The fourth-order valence-corrected chi connectivity index (χ4v) is 3.18. The molecule has 4 aromatic rings. The summed E-state index contributed by atoms with van der Waals surface area (Å²) in [4.78, 5) is 13.1. The largest absolute Gasteiger partial charge is 0.508 e. The Bertz CT molecular complexity index is 1070. The lowest BCUT2D eigenvalue weighted by Gasteiger charge is -2.13. The van der Waals surface area contributed by atoms with Crippen LogP contribution in [0.25, 0.3) is 21.9 Å². The minimum atomic E-state index is -0.0968. The van der Waals surface area contributed by atoms with Gasteiger partial charge >= 0.3 is 0 Å². The van der Waals surface area contributed by atoms with Crippen LogP contribution in [0, 0.1) is 0 Å². The van der Waals surface area contributed by atoms with Crippen molar-refractivity contribution in [3.05, 3.63) is 102 Å². The summed E-state index contributed by atoms with van der Waals surface area (Å²) in [6, 6.07) is 28.3. The van der Waals surface area contributed by atoms with Crippen molar-refractivity contribution in [2.24, 2.45) is 0 Å². The number of fused-ring (bicyclic) bond motifs is 1. The Kier molecular flexibility index (Phi) is 3.79. The summed E-state index contributed by atoms with van der Waals surface area (Å²) in [5.41, 5.74) is 3.04. The Balaban J connectivity index is 1.99. The predicted molar refractivity (Wildman–Crippen MR) is 101 cm³/mol. The molecule has 0 fully saturated rings. The minimum absolute atomic E-state index is 0.0906. The maximum absolute atomic E-state index is 13.1. The van der Waals surface area contributed by atoms with Gasteiger partial charge in [-0.2, -0.15) is 0 Å². The first-order valence-corrected chi connectivity index (χ1v) is 8.15. The highest BCUT2D eigenvalue weighted by Gasteiger charge is 2.17. The van der Waals surface area contributed by atoms with Crippen LogP contribution in [-0.2, 0) is 0 Å². The molecular formula is C23H16O2. The summed E-state index contributed by atoms with van der Waals surface area (Å²) in [6.45, 7) is 0. The fraction of sp³-hybridized carbons (Fsp3) is 0. The van der Waals surface area contributed by atoms with Gasteiger partial charge in [-0.3, -0.25) is 4.79 Å². The van der Waals surface area contributed by atoms with E-state index in [0.717, 1.165) is 21.9 Å². The average Bonchev–Trinajstić information content (AvgIpc) is 2.67. The number of carbonyl (C=O) groups is 1. The first-order valence-electron chi connectivity index (χ1n) is 8.15. The quantitative estimate of drug-likeness (QED) is 0.509. The zero-order valence-corrected chi connectivity index (χ0v) is 13.5. The number of benzene rings is 4. The lowest BCUT2D eigenvalue weighted by Crippen LogP contribution is -2.04. The van der Waals surface area contributed by atoms with Crippen LogP contribution in [0.3, 0.4) is 0 Å². The molecule has 0 saturated carbocycles. The monoisotopic (exact) mass is 324 g/mol. The topological polar surface area (TPSA) is 37.3 Å². The molecule has 0 bridgehead atoms. The van der Waals surface area contributed by atoms with Crippen LogP contribution in [0.15, 0.2) is 91.0 Å². The maximum atomic E-state index is 13.1. The number of hydrogen-bond acceptors (Lipinski definition) is 2. The molecule has 0 aliphatic rings. The highest BCUT2D eigenvalue weighted by atomic mass is 16.3. The van der Waals surface area contributed by atoms with Crippen LogP contribution >= 0.6 is 0 Å². The van der Waals surface area contributed by atoms with Crippen LogP contribution in [0.1, 0.15) is 15.9 Å². The summed E-state index contributed by atoms with van der Waals surface area (Å²) in [7, 11) is 0. The van der Waals surface area contributed by atoms with Gasteiger partial charge in [0.05, 0.1) is 0 Å². The first-order chi connectivity index (χ1) is 12.2. The number of phenolic OH excluding ortho intramolecular Hbond substituents is 1. The number of ketones is 1. The lowest BCUT2D eigenvalue weighted by atomic mass is 9.89. The molecular weight excluding hydrogens is 308 g/mol. The summed E-state index contributed by atoms with van der Waals surface area (Å²) in [5, 5.41) is 11.8. The van der Waals surface area contributed by atoms with Gasteiger partial charge in [0, 0.05) is 16.7 Å². The van der Waals surface area contributed by atoms with Gasteiger partial charge in [-0.15, -0.1) is 0 Å². The highest BCUT2D eigenvalue weighted by Crippen LogP contribution is 2.33. The Morgan fingerprint density at radius 1 is 0.720 bits per heavy atom. The van der Waals surface area contributed by atoms with E-state index in [2.05, 4.69) is 0 Å². The Labute approximate surface area is 146 Å². The van der Waals surface area contributed by atoms with Crippen molar-refractivity contribution in [3.63, 3.8) is 0 Å². The van der Waals surface area contributed by atoms with Crippen LogP contribution in [-0.4, -0.2) is 10.9 Å². The molecule has 4 aromatic carbocycles. The molecule has 2 nitrogen and oxygen atoms in total. The molecule has 0 heterocycles. The van der Waals surface area contributed by atoms with E-state index in [0.29, 0.717) is 11.1 Å². The third-order valence-electron chi connectivity index (χ3n) is 4.34. The maximum Gasteiger partial charge on any atom is 0.193 e. The van der Waals surface area contributed by atoms with Crippen molar-refractivity contribution >= 4 is 16.6 Å². The molecule has 0 radical (unpaired) electrons. The molecule has 0 aliphatic heterocycles. The molecule has 0 aromatic heterocycles. The van der Waals surface area contributed by atoms with Gasteiger partial charge < -0.3 is 5.11 Å². The van der Waals surface area contributed by atoms with Crippen molar-refractivity contribution in [2.45, 2.75) is 0 Å². The third kappa shape index (κ3) is 2.79. The second-order valence-corrected chi connectivity index (χ2v) is 5.95. The third-order valence-corrected chi connectivity index (χ3v) is 4.34. The normalized spacial score (nSPS) is 10.7. The van der Waals surface area contributed by atoms with Crippen LogP contribution in [0.4, 0.5) is 0 Å². The van der Waals surface area contributed by atoms with E-state index in [4.69, 9.17) is 0 Å². The standard InChI is InChI=1S/C23H16O2/c24-19-11-6-10-18(15-19)23(25)21-14-13-16-7-4-5-12-20(16)22(21)17-8-2-1-3-9-17/h1-15,24H. The van der Waals surface area contributed by atoms with Crippen molar-refractivity contribution in [3.8, 4) is 16.9 Å². The van der Waals surface area contributed by atoms with Crippen LogP contribution < -0.4 is 0 Å². The van der Waals surface area contributed by atoms with Crippen LogP contribution in [0.5, 0.6) is 5.75 Å². The molecule has 25 heavy (non-hydrogen) atoms. The van der Waals surface area contributed by atoms with Gasteiger partial charge in [0.1, 0.15) is 5.75 Å². The second kappa shape index (κ2) is 6.25. The number of hydrogen-bond donors (Lipinski definition) is 1. The van der Waals surface area contributed by atoms with E-state index in [-0.39, 0.29) is 11.5 Å². The molecule has 4 rings (SSSR count). The molecule has 0 unspecified atom stereocenters. The van der Waals surface area contributed by atoms with Gasteiger partial charge in [-0.1, -0.05) is 72.8 Å². The molecule has 0 spiro atoms. The number of phenols is 1. The van der Waals surface area contributed by atoms with Gasteiger partial charge in [0.25, 0.3) is 0 Å². The van der Waals surface area contributed by atoms with E-state index in [9.17, 15) is 9.90 Å². The van der Waals surface area contributed by atoms with E-state index < -0.39 is 0 Å². The van der Waals surface area contributed by atoms with Gasteiger partial charge in [-0.25, -0.2) is 0 Å². The molecule has 1 N–H and O–H groups in total. The fourth-order valence-electron chi connectivity index (χ4n) is 3.18. The summed E-state index contributed by atoms with van der Waals surface area (Å²) < 4.78 is 0. The van der Waals surface area contributed by atoms with Crippen molar-refractivity contribution in [1.82, 2.24) is 0 Å². The van der Waals surface area contributed by atoms with E-state index >= 15 is 0 Å². The molecule has 120 valence electrons. The number of aromatic hydroxyl groups is 1. The molecule has 0 atom stereocenters. The summed E-state index contributed by atoms with van der Waals surface area (Å²) >= 11 is 0. The Morgan fingerprint density at radius 3 is 2.28 bits per heavy atom. The van der Waals surface area contributed by atoms with Gasteiger partial charge in [0.15, 0.2) is 5.78 Å². The van der Waals surface area contributed by atoms with E-state index in [1.54, 1.807) is 18.2 Å².